The molecule has 0 saturated heterocycles. The Morgan fingerprint density at radius 2 is 1.81 bits per heavy atom. The lowest BCUT2D eigenvalue weighted by atomic mass is 10.1. The number of hydrogen-bond acceptors (Lipinski definition) is 2. The lowest BCUT2D eigenvalue weighted by molar-refractivity contribution is -0.147. The molecule has 1 atom stereocenters. The van der Waals surface area contributed by atoms with E-state index in [-0.39, 0.29) is 12.1 Å². The molecule has 2 nitrogen and oxygen atoms in total. The lowest BCUT2D eigenvalue weighted by Gasteiger charge is -2.17. The van der Waals surface area contributed by atoms with Crippen LogP contribution in [0.15, 0.2) is 12.2 Å². The third-order valence-corrected chi connectivity index (χ3v) is 2.63. The number of hydrogen-bond donors (Lipinski definition) is 0. The zero-order valence-electron chi connectivity index (χ0n) is 11.1. The van der Waals surface area contributed by atoms with E-state index in [1.54, 1.807) is 0 Å². The van der Waals surface area contributed by atoms with Crippen LogP contribution in [0.25, 0.3) is 0 Å². The molecule has 0 saturated carbocycles. The third kappa shape index (κ3) is 7.49. The molecule has 0 fully saturated rings. The predicted octanol–water partition coefficient (Wildman–Crippen LogP) is 4.24. The van der Waals surface area contributed by atoms with Gasteiger partial charge in [-0.3, -0.25) is 4.79 Å². The van der Waals surface area contributed by atoms with Crippen molar-refractivity contribution in [3.63, 3.8) is 0 Å². The van der Waals surface area contributed by atoms with Gasteiger partial charge in [0.05, 0.1) is 0 Å². The molecule has 0 aromatic rings. The van der Waals surface area contributed by atoms with E-state index >= 15 is 0 Å². The van der Waals surface area contributed by atoms with E-state index < -0.39 is 0 Å². The Hall–Kier alpha value is -0.790. The molecule has 2 heteroatoms. The molecule has 0 rings (SSSR count). The zero-order valence-corrected chi connectivity index (χ0v) is 11.1. The number of unbranched alkanes of at least 4 members (excludes halogenated alkanes) is 3. The van der Waals surface area contributed by atoms with Crippen molar-refractivity contribution in [1.29, 1.82) is 0 Å². The molecule has 0 aliphatic carbocycles. The number of ether oxygens (including phenoxy) is 1. The normalized spacial score (nSPS) is 12.2. The quantitative estimate of drug-likeness (QED) is 0.334. The van der Waals surface area contributed by atoms with E-state index in [9.17, 15) is 4.79 Å². The summed E-state index contributed by atoms with van der Waals surface area (Å²) in [7, 11) is 0. The summed E-state index contributed by atoms with van der Waals surface area (Å²) in [5.74, 6) is -0.0717. The van der Waals surface area contributed by atoms with E-state index in [0.717, 1.165) is 44.1 Å². The van der Waals surface area contributed by atoms with Crippen LogP contribution in [0.3, 0.4) is 0 Å². The maximum atomic E-state index is 11.5. The molecular weight excluding hydrogens is 200 g/mol. The van der Waals surface area contributed by atoms with Gasteiger partial charge in [0.1, 0.15) is 6.10 Å². The minimum absolute atomic E-state index is 0.0717. The van der Waals surface area contributed by atoms with Crippen LogP contribution in [0.4, 0.5) is 0 Å². The van der Waals surface area contributed by atoms with Crippen LogP contribution in [0.5, 0.6) is 0 Å². The fourth-order valence-electron chi connectivity index (χ4n) is 1.53. The summed E-state index contributed by atoms with van der Waals surface area (Å²) >= 11 is 0. The molecule has 94 valence electrons. The van der Waals surface area contributed by atoms with Gasteiger partial charge in [-0.05, 0) is 31.8 Å². The van der Waals surface area contributed by atoms with Gasteiger partial charge in [-0.1, -0.05) is 39.7 Å². The Morgan fingerprint density at radius 3 is 2.31 bits per heavy atom. The maximum Gasteiger partial charge on any atom is 0.306 e. The molecule has 0 aliphatic rings. The fourth-order valence-corrected chi connectivity index (χ4v) is 1.53. The molecule has 0 aliphatic heterocycles. The minimum atomic E-state index is -0.0749. The first-order valence-electron chi connectivity index (χ1n) is 6.46. The summed E-state index contributed by atoms with van der Waals surface area (Å²) in [4.78, 5) is 11.5. The Labute approximate surface area is 100 Å². The van der Waals surface area contributed by atoms with Gasteiger partial charge in [0.2, 0.25) is 0 Å². The zero-order chi connectivity index (χ0) is 12.4. The Morgan fingerprint density at radius 1 is 1.19 bits per heavy atom. The summed E-state index contributed by atoms with van der Waals surface area (Å²) < 4.78 is 5.42. The summed E-state index contributed by atoms with van der Waals surface area (Å²) in [5, 5.41) is 0. The van der Waals surface area contributed by atoms with Crippen molar-refractivity contribution < 1.29 is 9.53 Å². The highest BCUT2D eigenvalue weighted by Gasteiger charge is 2.14. The number of carbonyl (C=O) groups excluding carboxylic acids is 1. The van der Waals surface area contributed by atoms with Crippen molar-refractivity contribution in [1.82, 2.24) is 0 Å². The van der Waals surface area contributed by atoms with Crippen molar-refractivity contribution >= 4 is 5.97 Å². The Balaban J connectivity index is 3.88. The summed E-state index contributed by atoms with van der Waals surface area (Å²) in [5.41, 5.74) is 0.956. The highest BCUT2D eigenvalue weighted by Crippen LogP contribution is 2.14. The highest BCUT2D eigenvalue weighted by molar-refractivity contribution is 5.69. The lowest BCUT2D eigenvalue weighted by Crippen LogP contribution is -2.19. The van der Waals surface area contributed by atoms with Crippen molar-refractivity contribution in [2.24, 2.45) is 0 Å². The third-order valence-electron chi connectivity index (χ3n) is 2.63. The van der Waals surface area contributed by atoms with Gasteiger partial charge in [0, 0.05) is 6.42 Å². The summed E-state index contributed by atoms with van der Waals surface area (Å²) in [6.07, 6.45) is 6.75. The van der Waals surface area contributed by atoms with Crippen LogP contribution in [0.2, 0.25) is 0 Å². The summed E-state index contributed by atoms with van der Waals surface area (Å²) in [6.45, 7) is 10.1. The molecule has 0 radical (unpaired) electrons. The van der Waals surface area contributed by atoms with Gasteiger partial charge < -0.3 is 4.74 Å². The molecule has 0 bridgehead atoms. The summed E-state index contributed by atoms with van der Waals surface area (Å²) in [6, 6.07) is 0. The van der Waals surface area contributed by atoms with Gasteiger partial charge >= 0.3 is 5.97 Å². The molecule has 16 heavy (non-hydrogen) atoms. The van der Waals surface area contributed by atoms with Crippen LogP contribution in [-0.2, 0) is 9.53 Å². The van der Waals surface area contributed by atoms with Gasteiger partial charge in [0.15, 0.2) is 0 Å². The topological polar surface area (TPSA) is 26.3 Å². The highest BCUT2D eigenvalue weighted by atomic mass is 16.5. The van der Waals surface area contributed by atoms with Crippen LogP contribution < -0.4 is 0 Å². The first-order chi connectivity index (χ1) is 7.61. The fraction of sp³-hybridized carbons (Fsp3) is 0.786. The molecular formula is C14H26O2. The van der Waals surface area contributed by atoms with E-state index in [2.05, 4.69) is 20.4 Å². The molecule has 0 spiro atoms. The molecule has 0 amide bonds. The van der Waals surface area contributed by atoms with Crippen molar-refractivity contribution in [3.05, 3.63) is 12.2 Å². The molecule has 0 heterocycles. The monoisotopic (exact) mass is 226 g/mol. The average Bonchev–Trinajstić information content (AvgIpc) is 2.24. The Kier molecular flexibility index (Phi) is 8.97. The second kappa shape index (κ2) is 9.44. The molecule has 0 aromatic carbocycles. The average molecular weight is 226 g/mol. The van der Waals surface area contributed by atoms with Crippen LogP contribution in [0.1, 0.15) is 65.7 Å². The van der Waals surface area contributed by atoms with Gasteiger partial charge in [-0.2, -0.15) is 0 Å². The smallest absolute Gasteiger partial charge is 0.306 e. The second-order valence-electron chi connectivity index (χ2n) is 4.42. The van der Waals surface area contributed by atoms with Crippen LogP contribution >= 0.6 is 0 Å². The van der Waals surface area contributed by atoms with Crippen molar-refractivity contribution in [3.8, 4) is 0 Å². The maximum absolute atomic E-state index is 11.5. The van der Waals surface area contributed by atoms with Gasteiger partial charge in [-0.15, -0.1) is 0 Å². The van der Waals surface area contributed by atoms with E-state index in [1.165, 1.54) is 0 Å². The minimum Gasteiger partial charge on any atom is -0.458 e. The number of carbonyl (C=O) groups is 1. The van der Waals surface area contributed by atoms with Crippen molar-refractivity contribution in [2.45, 2.75) is 71.8 Å². The molecule has 0 N–H and O–H groups in total. The second-order valence-corrected chi connectivity index (χ2v) is 4.42. The molecule has 0 aromatic heterocycles. The van der Waals surface area contributed by atoms with Crippen LogP contribution in [0, 0.1) is 0 Å². The predicted molar refractivity (Wildman–Crippen MR) is 68.4 cm³/mol. The van der Waals surface area contributed by atoms with Gasteiger partial charge in [-0.25, -0.2) is 0 Å². The first kappa shape index (κ1) is 15.2. The number of esters is 1. The van der Waals surface area contributed by atoms with Gasteiger partial charge in [0.25, 0.3) is 0 Å². The largest absolute Gasteiger partial charge is 0.458 e. The van der Waals surface area contributed by atoms with Crippen molar-refractivity contribution in [2.75, 3.05) is 0 Å². The molecule has 1 unspecified atom stereocenters. The Bertz CT molecular complexity index is 209. The SMILES string of the molecule is C=C(C)C(CCCC)OC(=O)CCCCC. The first-order valence-corrected chi connectivity index (χ1v) is 6.46. The van der Waals surface area contributed by atoms with Crippen LogP contribution in [-0.4, -0.2) is 12.1 Å². The number of rotatable bonds is 9. The van der Waals surface area contributed by atoms with E-state index in [1.807, 2.05) is 6.92 Å². The standard InChI is InChI=1S/C14H26O2/c1-5-7-9-11-14(15)16-13(12(3)4)10-8-6-2/h13H,3,5-11H2,1-2,4H3. The van der Waals surface area contributed by atoms with E-state index in [4.69, 9.17) is 4.74 Å². The van der Waals surface area contributed by atoms with E-state index in [0.29, 0.717) is 6.42 Å².